The van der Waals surface area contributed by atoms with Gasteiger partial charge in [0.05, 0.1) is 12.1 Å². The summed E-state index contributed by atoms with van der Waals surface area (Å²) >= 11 is 5.29. The van der Waals surface area contributed by atoms with E-state index in [4.69, 9.17) is 22.7 Å². The summed E-state index contributed by atoms with van der Waals surface area (Å²) in [5, 5.41) is 0. The molecule has 0 spiro atoms. The van der Waals surface area contributed by atoms with Gasteiger partial charge in [0.25, 0.3) is 0 Å². The van der Waals surface area contributed by atoms with Gasteiger partial charge in [-0.3, -0.25) is 0 Å². The Kier molecular flexibility index (Phi) is 4.59. The summed E-state index contributed by atoms with van der Waals surface area (Å²) in [5.74, 6) is 1.72. The van der Waals surface area contributed by atoms with Gasteiger partial charge in [-0.05, 0) is 36.5 Å². The molecule has 0 bridgehead atoms. The highest BCUT2D eigenvalue weighted by atomic mass is 32.1. The van der Waals surface area contributed by atoms with Crippen molar-refractivity contribution in [2.75, 3.05) is 7.11 Å². The van der Waals surface area contributed by atoms with E-state index in [1.165, 1.54) is 37.7 Å². The number of hydrogen-bond acceptors (Lipinski definition) is 2. The Morgan fingerprint density at radius 2 is 1.83 bits per heavy atom. The summed E-state index contributed by atoms with van der Waals surface area (Å²) in [6.45, 7) is 0. The second-order valence-electron chi connectivity index (χ2n) is 5.05. The van der Waals surface area contributed by atoms with Gasteiger partial charge in [-0.25, -0.2) is 0 Å². The molecular formula is C15H21NOS. The predicted octanol–water partition coefficient (Wildman–Crippen LogP) is 3.65. The summed E-state index contributed by atoms with van der Waals surface area (Å²) in [6.07, 6.45) is 6.45. The third-order valence-electron chi connectivity index (χ3n) is 3.90. The zero-order chi connectivity index (χ0) is 13.0. The maximum atomic E-state index is 5.97. The molecule has 2 nitrogen and oxygen atoms in total. The van der Waals surface area contributed by atoms with Gasteiger partial charge in [0.2, 0.25) is 0 Å². The fourth-order valence-corrected chi connectivity index (χ4v) is 3.28. The fraction of sp³-hybridized carbons (Fsp3) is 0.533. The maximum Gasteiger partial charge on any atom is 0.118 e. The molecule has 1 fully saturated rings. The zero-order valence-corrected chi connectivity index (χ0v) is 11.7. The molecule has 2 rings (SSSR count). The topological polar surface area (TPSA) is 35.2 Å². The fourth-order valence-electron chi connectivity index (χ4n) is 2.95. The van der Waals surface area contributed by atoms with E-state index in [9.17, 15) is 0 Å². The van der Waals surface area contributed by atoms with Crippen LogP contribution in [0.1, 0.15) is 43.6 Å². The van der Waals surface area contributed by atoms with E-state index in [-0.39, 0.29) is 5.92 Å². The molecule has 0 amide bonds. The van der Waals surface area contributed by atoms with Crippen LogP contribution in [0.15, 0.2) is 24.3 Å². The average molecular weight is 263 g/mol. The number of thiocarbonyl (C=S) groups is 1. The first-order chi connectivity index (χ1) is 8.72. The molecule has 0 radical (unpaired) electrons. The maximum absolute atomic E-state index is 5.97. The van der Waals surface area contributed by atoms with Crippen molar-refractivity contribution in [3.05, 3.63) is 29.8 Å². The second-order valence-corrected chi connectivity index (χ2v) is 5.52. The molecule has 1 saturated carbocycles. The van der Waals surface area contributed by atoms with Gasteiger partial charge in [-0.2, -0.15) is 0 Å². The first kappa shape index (κ1) is 13.3. The number of ether oxygens (including phenoxy) is 1. The van der Waals surface area contributed by atoms with Crippen molar-refractivity contribution < 1.29 is 4.74 Å². The van der Waals surface area contributed by atoms with Crippen LogP contribution in [0.25, 0.3) is 0 Å². The van der Waals surface area contributed by atoms with Gasteiger partial charge < -0.3 is 10.5 Å². The molecule has 98 valence electrons. The van der Waals surface area contributed by atoms with Gasteiger partial charge in [0.1, 0.15) is 5.75 Å². The highest BCUT2D eigenvalue weighted by molar-refractivity contribution is 7.80. The summed E-state index contributed by atoms with van der Waals surface area (Å²) in [5.41, 5.74) is 7.20. The minimum Gasteiger partial charge on any atom is -0.497 e. The van der Waals surface area contributed by atoms with Gasteiger partial charge in [0.15, 0.2) is 0 Å². The minimum absolute atomic E-state index is 0.228. The second kappa shape index (κ2) is 6.19. The van der Waals surface area contributed by atoms with Crippen LogP contribution in [0, 0.1) is 5.92 Å². The quantitative estimate of drug-likeness (QED) is 0.842. The molecule has 1 aliphatic carbocycles. The van der Waals surface area contributed by atoms with E-state index in [0.29, 0.717) is 10.9 Å². The Morgan fingerprint density at radius 1 is 1.22 bits per heavy atom. The standard InChI is InChI=1S/C15H21NOS/c1-17-13-9-7-12(8-10-13)14(15(16)18)11-5-3-2-4-6-11/h7-11,14H,2-6H2,1H3,(H2,16,18). The molecule has 1 atom stereocenters. The van der Waals surface area contributed by atoms with E-state index < -0.39 is 0 Å². The molecule has 3 heteroatoms. The Balaban J connectivity index is 2.20. The van der Waals surface area contributed by atoms with Crippen molar-refractivity contribution >= 4 is 17.2 Å². The number of nitrogens with two attached hydrogens (primary N) is 1. The summed E-state index contributed by atoms with van der Waals surface area (Å²) in [6, 6.07) is 8.17. The van der Waals surface area contributed by atoms with Crippen LogP contribution in [0.2, 0.25) is 0 Å². The van der Waals surface area contributed by atoms with Crippen LogP contribution in [0.5, 0.6) is 5.75 Å². The molecule has 18 heavy (non-hydrogen) atoms. The Hall–Kier alpha value is -1.09. The number of methoxy groups -OCH3 is 1. The molecule has 0 saturated heterocycles. The molecule has 0 heterocycles. The molecule has 1 unspecified atom stereocenters. The van der Waals surface area contributed by atoms with Crippen molar-refractivity contribution in [3.8, 4) is 5.75 Å². The highest BCUT2D eigenvalue weighted by Gasteiger charge is 2.27. The van der Waals surface area contributed by atoms with Gasteiger partial charge in [-0.15, -0.1) is 0 Å². The van der Waals surface area contributed by atoms with E-state index >= 15 is 0 Å². The Bertz CT molecular complexity index is 395. The number of hydrogen-bond donors (Lipinski definition) is 1. The number of rotatable bonds is 4. The van der Waals surface area contributed by atoms with Gasteiger partial charge >= 0.3 is 0 Å². The molecular weight excluding hydrogens is 242 g/mol. The lowest BCUT2D eigenvalue weighted by Gasteiger charge is -2.30. The Morgan fingerprint density at radius 3 is 2.33 bits per heavy atom. The van der Waals surface area contributed by atoms with Crippen LogP contribution in [-0.4, -0.2) is 12.1 Å². The van der Waals surface area contributed by atoms with Gasteiger partial charge in [0, 0.05) is 5.92 Å². The van der Waals surface area contributed by atoms with Crippen LogP contribution in [0.3, 0.4) is 0 Å². The van der Waals surface area contributed by atoms with Crippen molar-refractivity contribution in [2.45, 2.75) is 38.0 Å². The van der Waals surface area contributed by atoms with Crippen LogP contribution < -0.4 is 10.5 Å². The largest absolute Gasteiger partial charge is 0.497 e. The summed E-state index contributed by atoms with van der Waals surface area (Å²) < 4.78 is 5.19. The predicted molar refractivity (Wildman–Crippen MR) is 79.1 cm³/mol. The van der Waals surface area contributed by atoms with Crippen molar-refractivity contribution in [2.24, 2.45) is 11.7 Å². The smallest absolute Gasteiger partial charge is 0.118 e. The van der Waals surface area contributed by atoms with E-state index in [1.54, 1.807) is 7.11 Å². The first-order valence-electron chi connectivity index (χ1n) is 6.65. The van der Waals surface area contributed by atoms with Crippen LogP contribution >= 0.6 is 12.2 Å². The average Bonchev–Trinajstić information content (AvgIpc) is 2.40. The lowest BCUT2D eigenvalue weighted by molar-refractivity contribution is 0.341. The zero-order valence-electron chi connectivity index (χ0n) is 10.9. The monoisotopic (exact) mass is 263 g/mol. The first-order valence-corrected chi connectivity index (χ1v) is 7.06. The van der Waals surface area contributed by atoms with Gasteiger partial charge in [-0.1, -0.05) is 43.6 Å². The normalized spacial score (nSPS) is 18.3. The third kappa shape index (κ3) is 3.02. The summed E-state index contributed by atoms with van der Waals surface area (Å²) in [4.78, 5) is 0.632. The van der Waals surface area contributed by atoms with E-state index in [0.717, 1.165) is 5.75 Å². The van der Waals surface area contributed by atoms with E-state index in [2.05, 4.69) is 12.1 Å². The van der Waals surface area contributed by atoms with Crippen molar-refractivity contribution in [3.63, 3.8) is 0 Å². The molecule has 2 N–H and O–H groups in total. The highest BCUT2D eigenvalue weighted by Crippen LogP contribution is 2.36. The SMILES string of the molecule is COc1ccc(C(C(N)=S)C2CCCCC2)cc1. The molecule has 1 aliphatic rings. The third-order valence-corrected chi connectivity index (χ3v) is 4.16. The van der Waals surface area contributed by atoms with Crippen LogP contribution in [0.4, 0.5) is 0 Å². The van der Waals surface area contributed by atoms with E-state index in [1.807, 2.05) is 12.1 Å². The number of benzene rings is 1. The molecule has 1 aromatic carbocycles. The summed E-state index contributed by atoms with van der Waals surface area (Å²) in [7, 11) is 1.68. The van der Waals surface area contributed by atoms with Crippen molar-refractivity contribution in [1.29, 1.82) is 0 Å². The van der Waals surface area contributed by atoms with Crippen LogP contribution in [-0.2, 0) is 0 Å². The Labute approximate surface area is 115 Å². The van der Waals surface area contributed by atoms with Crippen molar-refractivity contribution in [1.82, 2.24) is 0 Å². The lowest BCUT2D eigenvalue weighted by atomic mass is 9.77. The lowest BCUT2D eigenvalue weighted by Crippen LogP contribution is -2.28. The molecule has 1 aromatic rings. The molecule has 0 aliphatic heterocycles. The molecule has 0 aromatic heterocycles. The minimum atomic E-state index is 0.228.